The molecule has 2 amide bonds. The summed E-state index contributed by atoms with van der Waals surface area (Å²) >= 11 is 5.93. The van der Waals surface area contributed by atoms with Crippen LogP contribution in [0.4, 0.5) is 15.8 Å². The lowest BCUT2D eigenvalue weighted by Gasteiger charge is -2.24. The minimum Gasteiger partial charge on any atom is -0.490 e. The van der Waals surface area contributed by atoms with Gasteiger partial charge in [0, 0.05) is 12.7 Å². The van der Waals surface area contributed by atoms with Gasteiger partial charge < -0.3 is 15.0 Å². The van der Waals surface area contributed by atoms with Crippen molar-refractivity contribution >= 4 is 34.8 Å². The number of nitrogens with one attached hydrogen (secondary N) is 1. The Labute approximate surface area is 155 Å². The first kappa shape index (κ1) is 18.2. The quantitative estimate of drug-likeness (QED) is 0.858. The number of hydrogen-bond donors (Lipinski definition) is 1. The van der Waals surface area contributed by atoms with Gasteiger partial charge in [-0.25, -0.2) is 4.39 Å². The van der Waals surface area contributed by atoms with Crippen LogP contribution in [0.1, 0.15) is 24.2 Å². The van der Waals surface area contributed by atoms with E-state index in [1.54, 1.807) is 39.1 Å². The molecule has 2 aromatic rings. The first-order chi connectivity index (χ1) is 12.2. The molecule has 0 bridgehead atoms. The highest BCUT2D eigenvalue weighted by Crippen LogP contribution is 2.37. The van der Waals surface area contributed by atoms with Crippen LogP contribution in [0.15, 0.2) is 36.4 Å². The van der Waals surface area contributed by atoms with Crippen LogP contribution in [0.5, 0.6) is 5.75 Å². The Morgan fingerprint density at radius 3 is 2.73 bits per heavy atom. The Kier molecular flexibility index (Phi) is 4.63. The van der Waals surface area contributed by atoms with Crippen molar-refractivity contribution in [3.05, 3.63) is 52.8 Å². The molecule has 1 aliphatic rings. The summed E-state index contributed by atoms with van der Waals surface area (Å²) in [4.78, 5) is 26.5. The van der Waals surface area contributed by atoms with Crippen LogP contribution in [-0.2, 0) is 4.79 Å². The molecule has 2 aromatic carbocycles. The van der Waals surface area contributed by atoms with Crippen molar-refractivity contribution in [2.75, 3.05) is 23.9 Å². The van der Waals surface area contributed by atoms with Gasteiger partial charge in [-0.15, -0.1) is 0 Å². The van der Waals surface area contributed by atoms with Gasteiger partial charge >= 0.3 is 0 Å². The summed E-state index contributed by atoms with van der Waals surface area (Å²) in [6.07, 6.45) is 0. The predicted molar refractivity (Wildman–Crippen MR) is 98.5 cm³/mol. The molecule has 3 rings (SSSR count). The SMILES string of the molecule is CN1C(=O)C(C)(C)COc2ccc(NC(=O)c3c(F)cccc3Cl)cc21. The molecule has 0 aliphatic carbocycles. The molecule has 1 N–H and O–H groups in total. The standard InChI is InChI=1S/C19H18ClFN2O3/c1-19(2)10-26-15-8-7-11(9-14(15)23(3)18(19)25)22-17(24)16-12(20)5-4-6-13(16)21/h4-9H,10H2,1-3H3,(H,22,24). The van der Waals surface area contributed by atoms with Crippen LogP contribution in [0.2, 0.25) is 5.02 Å². The van der Waals surface area contributed by atoms with E-state index in [0.29, 0.717) is 17.1 Å². The predicted octanol–water partition coefficient (Wildman–Crippen LogP) is 4.11. The summed E-state index contributed by atoms with van der Waals surface area (Å²) < 4.78 is 19.6. The number of nitrogens with zero attached hydrogens (tertiary/aromatic N) is 1. The van der Waals surface area contributed by atoms with Crippen molar-refractivity contribution in [1.82, 2.24) is 0 Å². The summed E-state index contributed by atoms with van der Waals surface area (Å²) in [5.41, 5.74) is 0.0256. The molecule has 26 heavy (non-hydrogen) atoms. The van der Waals surface area contributed by atoms with Gasteiger partial charge in [0.05, 0.1) is 21.7 Å². The average Bonchev–Trinajstić information content (AvgIpc) is 2.66. The molecule has 0 saturated heterocycles. The maximum Gasteiger partial charge on any atom is 0.260 e. The Bertz CT molecular complexity index is 878. The Morgan fingerprint density at radius 2 is 2.04 bits per heavy atom. The van der Waals surface area contributed by atoms with Gasteiger partial charge in [0.25, 0.3) is 5.91 Å². The first-order valence-electron chi connectivity index (χ1n) is 8.01. The van der Waals surface area contributed by atoms with E-state index < -0.39 is 17.1 Å². The average molecular weight is 377 g/mol. The molecule has 0 aromatic heterocycles. The van der Waals surface area contributed by atoms with Gasteiger partial charge in [-0.05, 0) is 44.2 Å². The molecule has 0 radical (unpaired) electrons. The molecule has 136 valence electrons. The maximum atomic E-state index is 13.9. The molecule has 0 unspecified atom stereocenters. The first-order valence-corrected chi connectivity index (χ1v) is 8.39. The second-order valence-corrected chi connectivity index (χ2v) is 7.18. The van der Waals surface area contributed by atoms with E-state index in [9.17, 15) is 14.0 Å². The van der Waals surface area contributed by atoms with Crippen LogP contribution in [0.3, 0.4) is 0 Å². The number of rotatable bonds is 2. The number of carbonyl (C=O) groups is 2. The lowest BCUT2D eigenvalue weighted by Crippen LogP contribution is -2.39. The minimum absolute atomic E-state index is 0.0228. The second-order valence-electron chi connectivity index (χ2n) is 6.77. The van der Waals surface area contributed by atoms with E-state index >= 15 is 0 Å². The molecule has 7 heteroatoms. The largest absolute Gasteiger partial charge is 0.490 e. The summed E-state index contributed by atoms with van der Waals surface area (Å²) in [5, 5.41) is 2.63. The summed E-state index contributed by atoms with van der Waals surface area (Å²) in [5.74, 6) is -0.940. The fourth-order valence-electron chi connectivity index (χ4n) is 2.77. The lowest BCUT2D eigenvalue weighted by atomic mass is 9.93. The van der Waals surface area contributed by atoms with E-state index in [4.69, 9.17) is 16.3 Å². The van der Waals surface area contributed by atoms with Gasteiger partial charge in [-0.3, -0.25) is 9.59 Å². The Morgan fingerprint density at radius 1 is 1.31 bits per heavy atom. The molecule has 0 saturated carbocycles. The van der Waals surface area contributed by atoms with E-state index in [1.165, 1.54) is 23.1 Å². The molecule has 0 fully saturated rings. The van der Waals surface area contributed by atoms with Gasteiger partial charge in [0.2, 0.25) is 5.91 Å². The summed E-state index contributed by atoms with van der Waals surface area (Å²) in [7, 11) is 1.65. The number of carbonyl (C=O) groups excluding carboxylic acids is 2. The van der Waals surface area contributed by atoms with Crippen LogP contribution >= 0.6 is 11.6 Å². The van der Waals surface area contributed by atoms with Crippen molar-refractivity contribution in [2.24, 2.45) is 5.41 Å². The number of benzene rings is 2. The molecule has 1 aliphatic heterocycles. The van der Waals surface area contributed by atoms with Crippen molar-refractivity contribution in [3.8, 4) is 5.75 Å². The smallest absolute Gasteiger partial charge is 0.260 e. The molecule has 5 nitrogen and oxygen atoms in total. The highest BCUT2D eigenvalue weighted by molar-refractivity contribution is 6.34. The molecule has 1 heterocycles. The fourth-order valence-corrected chi connectivity index (χ4v) is 3.02. The minimum atomic E-state index is -0.706. The van der Waals surface area contributed by atoms with Gasteiger partial charge in [-0.1, -0.05) is 17.7 Å². The van der Waals surface area contributed by atoms with Gasteiger partial charge in [0.15, 0.2) is 0 Å². The third-order valence-electron chi connectivity index (χ3n) is 4.24. The van der Waals surface area contributed by atoms with Crippen molar-refractivity contribution < 1.29 is 18.7 Å². The lowest BCUT2D eigenvalue weighted by molar-refractivity contribution is -0.127. The van der Waals surface area contributed by atoms with Crippen LogP contribution in [-0.4, -0.2) is 25.5 Å². The van der Waals surface area contributed by atoms with E-state index in [1.807, 2.05) is 0 Å². The third kappa shape index (κ3) is 3.24. The van der Waals surface area contributed by atoms with E-state index in [0.717, 1.165) is 0 Å². The van der Waals surface area contributed by atoms with Crippen LogP contribution in [0, 0.1) is 11.2 Å². The Hall–Kier alpha value is -2.60. The highest BCUT2D eigenvalue weighted by Gasteiger charge is 2.36. The van der Waals surface area contributed by atoms with Crippen molar-refractivity contribution in [3.63, 3.8) is 0 Å². The Balaban J connectivity index is 1.92. The number of hydrogen-bond acceptors (Lipinski definition) is 3. The number of fused-ring (bicyclic) bond motifs is 1. The maximum absolute atomic E-state index is 13.9. The second kappa shape index (κ2) is 6.61. The van der Waals surface area contributed by atoms with E-state index in [-0.39, 0.29) is 23.1 Å². The fraction of sp³-hybridized carbons (Fsp3) is 0.263. The van der Waals surface area contributed by atoms with Gasteiger partial charge in [-0.2, -0.15) is 0 Å². The zero-order chi connectivity index (χ0) is 19.1. The third-order valence-corrected chi connectivity index (χ3v) is 4.56. The zero-order valence-electron chi connectivity index (χ0n) is 14.6. The highest BCUT2D eigenvalue weighted by atomic mass is 35.5. The molecular weight excluding hydrogens is 359 g/mol. The summed E-state index contributed by atoms with van der Waals surface area (Å²) in [6.45, 7) is 3.86. The normalized spacial score (nSPS) is 15.7. The molecule has 0 atom stereocenters. The van der Waals surface area contributed by atoms with Crippen LogP contribution in [0.25, 0.3) is 0 Å². The monoisotopic (exact) mass is 376 g/mol. The van der Waals surface area contributed by atoms with Crippen LogP contribution < -0.4 is 15.0 Å². The number of anilines is 2. The van der Waals surface area contributed by atoms with Crippen molar-refractivity contribution in [1.29, 1.82) is 0 Å². The van der Waals surface area contributed by atoms with Crippen molar-refractivity contribution in [2.45, 2.75) is 13.8 Å². The van der Waals surface area contributed by atoms with Gasteiger partial charge in [0.1, 0.15) is 18.2 Å². The number of halogens is 2. The molecule has 0 spiro atoms. The van der Waals surface area contributed by atoms with E-state index in [2.05, 4.69) is 5.32 Å². The summed E-state index contributed by atoms with van der Waals surface area (Å²) in [6, 6.07) is 8.94. The number of ether oxygens (including phenoxy) is 1. The number of amides is 2. The topological polar surface area (TPSA) is 58.6 Å². The molecular formula is C19H18ClFN2O3. The zero-order valence-corrected chi connectivity index (χ0v) is 15.4.